The number of nitrogens with zero attached hydrogens (tertiary/aromatic N) is 4. The third-order valence-corrected chi connectivity index (χ3v) is 7.18. The largest absolute Gasteiger partial charge is 0.492 e. The second-order valence-corrected chi connectivity index (χ2v) is 9.59. The lowest BCUT2D eigenvalue weighted by Crippen LogP contribution is -2.38. The molecule has 6 rings (SSSR count). The zero-order chi connectivity index (χ0) is 27.6. The molecule has 7 nitrogen and oxygen atoms in total. The number of hydrogen-bond acceptors (Lipinski definition) is 3. The van der Waals surface area contributed by atoms with Crippen molar-refractivity contribution in [1.82, 2.24) is 19.2 Å². The van der Waals surface area contributed by atoms with E-state index in [1.54, 1.807) is 17.0 Å². The van der Waals surface area contributed by atoms with Gasteiger partial charge in [0.25, 0.3) is 0 Å². The highest BCUT2D eigenvalue weighted by atomic mass is 19.1. The van der Waals surface area contributed by atoms with E-state index >= 15 is 0 Å². The van der Waals surface area contributed by atoms with Gasteiger partial charge in [0, 0.05) is 11.8 Å². The van der Waals surface area contributed by atoms with E-state index in [-0.39, 0.29) is 11.8 Å². The molecule has 0 spiro atoms. The number of hydrogen-bond donors (Lipinski definition) is 1. The number of ether oxygens (including phenoxy) is 1. The number of aryl methyl sites for hydroxylation is 1. The number of amides is 2. The number of rotatable bonds is 6. The van der Waals surface area contributed by atoms with Crippen LogP contribution in [0.15, 0.2) is 97.2 Å². The van der Waals surface area contributed by atoms with E-state index in [0.29, 0.717) is 31.0 Å². The summed E-state index contributed by atoms with van der Waals surface area (Å²) in [6.45, 7) is 4.76. The first-order chi connectivity index (χ1) is 19.6. The molecule has 5 aromatic rings. The molecule has 202 valence electrons. The van der Waals surface area contributed by atoms with Crippen molar-refractivity contribution < 1.29 is 13.9 Å². The van der Waals surface area contributed by atoms with Gasteiger partial charge >= 0.3 is 6.03 Å². The van der Waals surface area contributed by atoms with Crippen molar-refractivity contribution in [2.45, 2.75) is 32.9 Å². The van der Waals surface area contributed by atoms with Crippen molar-refractivity contribution in [2.24, 2.45) is 0 Å². The second kappa shape index (κ2) is 10.7. The molecule has 0 bridgehead atoms. The smallest absolute Gasteiger partial charge is 0.323 e. The van der Waals surface area contributed by atoms with E-state index in [2.05, 4.69) is 16.8 Å². The first kappa shape index (κ1) is 25.4. The highest BCUT2D eigenvalue weighted by molar-refractivity contribution is 5.91. The number of halogens is 1. The van der Waals surface area contributed by atoms with Gasteiger partial charge < -0.3 is 19.5 Å². The zero-order valence-electron chi connectivity index (χ0n) is 22.4. The average molecular weight is 536 g/mol. The Balaban J connectivity index is 1.53. The lowest BCUT2D eigenvalue weighted by atomic mass is 10.0. The van der Waals surface area contributed by atoms with Crippen LogP contribution in [0.4, 0.5) is 14.9 Å². The molecule has 3 heterocycles. The molecular weight excluding hydrogens is 505 g/mol. The standard InChI is InChI=1S/C32H30FN5O2/c1-3-26-25-21-37(32(39)34-27-13-8-9-15-29(27)40-4-2)30(22-16-18-23(33)19-17-22)28-14-10-20-36(28)31(25)38(35-26)24-11-6-5-7-12-24/h5-20,30H,3-4,21H2,1-2H3,(H,34,39)/t30-/m1/s1. The van der Waals surface area contributed by atoms with Gasteiger partial charge in [-0.15, -0.1) is 0 Å². The number of carbonyl (C=O) groups excluding carboxylic acids is 1. The van der Waals surface area contributed by atoms with Crippen LogP contribution in [0.3, 0.4) is 0 Å². The maximum absolute atomic E-state index is 14.2. The number of urea groups is 1. The van der Waals surface area contributed by atoms with Gasteiger partial charge in [0.1, 0.15) is 17.4 Å². The molecule has 0 fully saturated rings. The Hall–Kier alpha value is -4.85. The summed E-state index contributed by atoms with van der Waals surface area (Å²) in [7, 11) is 0. The van der Waals surface area contributed by atoms with E-state index in [1.165, 1.54) is 12.1 Å². The van der Waals surface area contributed by atoms with Gasteiger partial charge in [-0.25, -0.2) is 13.9 Å². The SMILES string of the molecule is CCOc1ccccc1NC(=O)N1Cc2c(CC)nn(-c3ccccc3)c2-n2cccc2[C@H]1c1ccc(F)cc1. The van der Waals surface area contributed by atoms with Crippen LogP contribution in [-0.2, 0) is 13.0 Å². The van der Waals surface area contributed by atoms with E-state index < -0.39 is 6.04 Å². The van der Waals surface area contributed by atoms with Crippen molar-refractivity contribution in [2.75, 3.05) is 11.9 Å². The minimum Gasteiger partial charge on any atom is -0.492 e. The Labute approximate surface area is 232 Å². The summed E-state index contributed by atoms with van der Waals surface area (Å²) in [6, 6.07) is 26.9. The van der Waals surface area contributed by atoms with Gasteiger partial charge in [-0.1, -0.05) is 49.4 Å². The van der Waals surface area contributed by atoms with Crippen LogP contribution in [0.25, 0.3) is 11.5 Å². The first-order valence-corrected chi connectivity index (χ1v) is 13.5. The predicted octanol–water partition coefficient (Wildman–Crippen LogP) is 6.90. The Bertz CT molecular complexity index is 1640. The van der Waals surface area contributed by atoms with Crippen LogP contribution >= 0.6 is 0 Å². The molecule has 0 aliphatic carbocycles. The second-order valence-electron chi connectivity index (χ2n) is 9.59. The Morgan fingerprint density at radius 1 is 0.975 bits per heavy atom. The normalized spacial score (nSPS) is 14.3. The minimum absolute atomic E-state index is 0.295. The molecule has 0 radical (unpaired) electrons. The van der Waals surface area contributed by atoms with E-state index in [9.17, 15) is 9.18 Å². The molecule has 0 saturated heterocycles. The molecule has 1 N–H and O–H groups in total. The molecule has 2 aromatic heterocycles. The summed E-state index contributed by atoms with van der Waals surface area (Å²) in [5.74, 6) is 1.16. The lowest BCUT2D eigenvalue weighted by molar-refractivity contribution is 0.194. The molecule has 1 atom stereocenters. The molecule has 1 aliphatic heterocycles. The molecule has 0 saturated carbocycles. The molecule has 3 aromatic carbocycles. The van der Waals surface area contributed by atoms with Crippen LogP contribution in [0, 0.1) is 5.82 Å². The maximum Gasteiger partial charge on any atom is 0.323 e. The van der Waals surface area contributed by atoms with Crippen LogP contribution in [0.2, 0.25) is 0 Å². The van der Waals surface area contributed by atoms with Crippen molar-refractivity contribution in [3.8, 4) is 17.3 Å². The van der Waals surface area contributed by atoms with Crippen LogP contribution in [0.1, 0.15) is 42.4 Å². The summed E-state index contributed by atoms with van der Waals surface area (Å²) in [6.07, 6.45) is 2.69. The summed E-state index contributed by atoms with van der Waals surface area (Å²) in [5, 5.41) is 8.08. The van der Waals surface area contributed by atoms with Crippen LogP contribution in [0.5, 0.6) is 5.75 Å². The predicted molar refractivity (Wildman–Crippen MR) is 153 cm³/mol. The van der Waals surface area contributed by atoms with E-state index in [4.69, 9.17) is 9.84 Å². The Kier molecular flexibility index (Phi) is 6.82. The van der Waals surface area contributed by atoms with Crippen LogP contribution in [-0.4, -0.2) is 31.9 Å². The van der Waals surface area contributed by atoms with Gasteiger partial charge in [0.05, 0.1) is 42.0 Å². The summed E-state index contributed by atoms with van der Waals surface area (Å²) >= 11 is 0. The number of nitrogens with one attached hydrogen (secondary N) is 1. The third kappa shape index (κ3) is 4.51. The number of benzene rings is 3. The summed E-state index contributed by atoms with van der Waals surface area (Å²) in [4.78, 5) is 16.0. The molecule has 1 aliphatic rings. The minimum atomic E-state index is -0.490. The number of carbonyl (C=O) groups is 1. The van der Waals surface area contributed by atoms with Gasteiger partial charge in [-0.3, -0.25) is 0 Å². The Morgan fingerprint density at radius 2 is 1.73 bits per heavy atom. The molecule has 8 heteroatoms. The first-order valence-electron chi connectivity index (χ1n) is 13.5. The van der Waals surface area contributed by atoms with Gasteiger partial charge in [0.15, 0.2) is 0 Å². The molecule has 2 amide bonds. The van der Waals surface area contributed by atoms with Crippen molar-refractivity contribution >= 4 is 11.7 Å². The quantitative estimate of drug-likeness (QED) is 0.257. The van der Waals surface area contributed by atoms with Crippen molar-refractivity contribution in [1.29, 1.82) is 0 Å². The zero-order valence-corrected chi connectivity index (χ0v) is 22.4. The Morgan fingerprint density at radius 3 is 2.48 bits per heavy atom. The van der Waals surface area contributed by atoms with Gasteiger partial charge in [-0.2, -0.15) is 5.10 Å². The summed E-state index contributed by atoms with van der Waals surface area (Å²) < 4.78 is 23.8. The number of para-hydroxylation sites is 3. The van der Waals surface area contributed by atoms with Gasteiger partial charge in [0.2, 0.25) is 0 Å². The number of fused-ring (bicyclic) bond motifs is 3. The molecule has 0 unspecified atom stereocenters. The fraction of sp³-hybridized carbons (Fsp3) is 0.188. The average Bonchev–Trinajstić information content (AvgIpc) is 3.56. The topological polar surface area (TPSA) is 64.3 Å². The third-order valence-electron chi connectivity index (χ3n) is 7.18. The highest BCUT2D eigenvalue weighted by Crippen LogP contribution is 2.39. The maximum atomic E-state index is 14.2. The monoisotopic (exact) mass is 535 g/mol. The van der Waals surface area contributed by atoms with Gasteiger partial charge in [-0.05, 0) is 67.4 Å². The van der Waals surface area contributed by atoms with E-state index in [1.807, 2.05) is 84.5 Å². The van der Waals surface area contributed by atoms with Crippen molar-refractivity contribution in [3.05, 3.63) is 126 Å². The molecular formula is C32H30FN5O2. The lowest BCUT2D eigenvalue weighted by Gasteiger charge is -2.31. The fourth-order valence-electron chi connectivity index (χ4n) is 5.38. The number of aromatic nitrogens is 3. The summed E-state index contributed by atoms with van der Waals surface area (Å²) in [5.41, 5.74) is 5.06. The molecule has 40 heavy (non-hydrogen) atoms. The fourth-order valence-corrected chi connectivity index (χ4v) is 5.38. The number of anilines is 1. The van der Waals surface area contributed by atoms with Crippen molar-refractivity contribution in [3.63, 3.8) is 0 Å². The van der Waals surface area contributed by atoms with Crippen LogP contribution < -0.4 is 10.1 Å². The van der Waals surface area contributed by atoms with E-state index in [0.717, 1.165) is 34.0 Å². The highest BCUT2D eigenvalue weighted by Gasteiger charge is 2.36.